The van der Waals surface area contributed by atoms with Crippen LogP contribution in [0.2, 0.25) is 0 Å². The number of rotatable bonds is 7. The molecule has 21 heavy (non-hydrogen) atoms. The zero-order valence-corrected chi connectivity index (χ0v) is 12.1. The summed E-state index contributed by atoms with van der Waals surface area (Å²) in [7, 11) is -4.04. The second-order valence-electron chi connectivity index (χ2n) is 4.92. The Morgan fingerprint density at radius 2 is 2.00 bits per heavy atom. The van der Waals surface area contributed by atoms with Gasteiger partial charge in [-0.05, 0) is 31.4 Å². The van der Waals surface area contributed by atoms with Gasteiger partial charge in [-0.1, -0.05) is 0 Å². The molecule has 0 aliphatic heterocycles. The molecule has 1 amide bonds. The van der Waals surface area contributed by atoms with Gasteiger partial charge >= 0.3 is 0 Å². The molecule has 8 heteroatoms. The van der Waals surface area contributed by atoms with Gasteiger partial charge in [0.2, 0.25) is 15.9 Å². The normalized spacial score (nSPS) is 15.0. The zero-order chi connectivity index (χ0) is 15.5. The van der Waals surface area contributed by atoms with Gasteiger partial charge in [0.15, 0.2) is 0 Å². The molecule has 116 valence electrons. The van der Waals surface area contributed by atoms with Crippen LogP contribution in [0.5, 0.6) is 0 Å². The van der Waals surface area contributed by atoms with E-state index < -0.39 is 26.6 Å². The zero-order valence-electron chi connectivity index (χ0n) is 11.2. The monoisotopic (exact) mass is 318 g/mol. The van der Waals surface area contributed by atoms with E-state index in [1.807, 2.05) is 0 Å². The minimum Gasteiger partial charge on any atom is -0.353 e. The van der Waals surface area contributed by atoms with Gasteiger partial charge in [0, 0.05) is 25.1 Å². The highest BCUT2D eigenvalue weighted by Crippen LogP contribution is 2.18. The lowest BCUT2D eigenvalue weighted by Gasteiger charge is -2.08. The lowest BCUT2D eigenvalue weighted by molar-refractivity contribution is -0.121. The molecule has 1 aliphatic rings. The number of nitrogens with one attached hydrogen (secondary N) is 2. The number of carbonyl (C=O) groups is 1. The second kappa shape index (κ2) is 6.48. The summed E-state index contributed by atoms with van der Waals surface area (Å²) in [5.41, 5.74) is 0. The minimum absolute atomic E-state index is 0.0111. The molecule has 0 radical (unpaired) electrons. The van der Waals surface area contributed by atoms with E-state index >= 15 is 0 Å². The largest absolute Gasteiger partial charge is 0.353 e. The molecule has 0 bridgehead atoms. The highest BCUT2D eigenvalue weighted by atomic mass is 32.2. The van der Waals surface area contributed by atoms with Gasteiger partial charge in [0.05, 0.1) is 0 Å². The number of carbonyl (C=O) groups excluding carboxylic acids is 1. The Morgan fingerprint density at radius 3 is 2.62 bits per heavy atom. The third kappa shape index (κ3) is 4.75. The van der Waals surface area contributed by atoms with E-state index in [4.69, 9.17) is 0 Å². The molecule has 1 fully saturated rings. The number of halogens is 2. The summed E-state index contributed by atoms with van der Waals surface area (Å²) in [5, 5.41) is 2.78. The van der Waals surface area contributed by atoms with Crippen LogP contribution in [0.3, 0.4) is 0 Å². The second-order valence-corrected chi connectivity index (χ2v) is 6.65. The summed E-state index contributed by atoms with van der Waals surface area (Å²) in [4.78, 5) is 10.8. The maximum Gasteiger partial charge on any atom is 0.243 e. The van der Waals surface area contributed by atoms with Crippen molar-refractivity contribution in [3.8, 4) is 0 Å². The number of sulfonamides is 1. The summed E-state index contributed by atoms with van der Waals surface area (Å²) in [6, 6.07) is 2.52. The van der Waals surface area contributed by atoms with Crippen LogP contribution >= 0.6 is 0 Å². The van der Waals surface area contributed by atoms with Gasteiger partial charge in [-0.15, -0.1) is 0 Å². The van der Waals surface area contributed by atoms with Crippen LogP contribution in [0.25, 0.3) is 0 Å². The van der Waals surface area contributed by atoms with Crippen molar-refractivity contribution in [1.82, 2.24) is 10.0 Å². The third-order valence-electron chi connectivity index (χ3n) is 3.00. The first-order valence-electron chi connectivity index (χ1n) is 6.62. The van der Waals surface area contributed by atoms with Crippen molar-refractivity contribution in [2.45, 2.75) is 36.6 Å². The molecule has 1 saturated carbocycles. The highest BCUT2D eigenvalue weighted by Gasteiger charge is 2.23. The Morgan fingerprint density at radius 1 is 1.29 bits per heavy atom. The van der Waals surface area contributed by atoms with Crippen LogP contribution in [-0.2, 0) is 14.8 Å². The lowest BCUT2D eigenvalue weighted by atomic mass is 10.3. The van der Waals surface area contributed by atoms with E-state index in [0.717, 1.165) is 25.0 Å². The molecule has 1 aliphatic carbocycles. The molecule has 2 rings (SSSR count). The number of amides is 1. The van der Waals surface area contributed by atoms with Crippen LogP contribution in [0, 0.1) is 11.6 Å². The Labute approximate surface area is 121 Å². The smallest absolute Gasteiger partial charge is 0.243 e. The van der Waals surface area contributed by atoms with E-state index in [2.05, 4.69) is 10.0 Å². The Balaban J connectivity index is 1.81. The number of hydrogen-bond acceptors (Lipinski definition) is 3. The van der Waals surface area contributed by atoms with Crippen molar-refractivity contribution in [1.29, 1.82) is 0 Å². The van der Waals surface area contributed by atoms with Gasteiger partial charge in [-0.2, -0.15) is 0 Å². The Kier molecular flexibility index (Phi) is 4.89. The summed E-state index contributed by atoms with van der Waals surface area (Å²) in [6.07, 6.45) is 2.48. The molecule has 2 N–H and O–H groups in total. The summed E-state index contributed by atoms with van der Waals surface area (Å²) >= 11 is 0. The van der Waals surface area contributed by atoms with E-state index in [1.54, 1.807) is 0 Å². The van der Waals surface area contributed by atoms with Crippen molar-refractivity contribution < 1.29 is 22.0 Å². The number of hydrogen-bond donors (Lipinski definition) is 2. The molecule has 0 atom stereocenters. The average molecular weight is 318 g/mol. The fourth-order valence-corrected chi connectivity index (χ4v) is 2.89. The van der Waals surface area contributed by atoms with E-state index in [-0.39, 0.29) is 24.9 Å². The predicted molar refractivity (Wildman–Crippen MR) is 71.9 cm³/mol. The highest BCUT2D eigenvalue weighted by molar-refractivity contribution is 7.89. The van der Waals surface area contributed by atoms with Gasteiger partial charge in [-0.25, -0.2) is 21.9 Å². The lowest BCUT2D eigenvalue weighted by Crippen LogP contribution is -2.29. The molecule has 0 aromatic heterocycles. The van der Waals surface area contributed by atoms with Gasteiger partial charge in [-0.3, -0.25) is 4.79 Å². The summed E-state index contributed by atoms with van der Waals surface area (Å²) in [5.74, 6) is -2.11. The van der Waals surface area contributed by atoms with E-state index in [9.17, 15) is 22.0 Å². The third-order valence-corrected chi connectivity index (χ3v) is 4.49. The first-order valence-corrected chi connectivity index (χ1v) is 8.11. The number of benzene rings is 1. The SMILES string of the molecule is O=C(CCCNS(=O)(=O)c1ccc(F)cc1F)NC1CC1. The van der Waals surface area contributed by atoms with Crippen LogP contribution in [0.4, 0.5) is 8.78 Å². The van der Waals surface area contributed by atoms with Crippen LogP contribution < -0.4 is 10.0 Å². The average Bonchev–Trinajstić information content (AvgIpc) is 3.18. The van der Waals surface area contributed by atoms with Crippen molar-refractivity contribution >= 4 is 15.9 Å². The first kappa shape index (κ1) is 15.8. The molecule has 0 heterocycles. The van der Waals surface area contributed by atoms with Crippen LogP contribution in [-0.4, -0.2) is 26.9 Å². The topological polar surface area (TPSA) is 75.3 Å². The Bertz CT molecular complexity index is 630. The first-order chi connectivity index (χ1) is 9.88. The molecular weight excluding hydrogens is 302 g/mol. The molecular formula is C13H16F2N2O3S. The standard InChI is InChI=1S/C13H16F2N2O3S/c14-9-3-6-12(11(15)8-9)21(19,20)16-7-1-2-13(18)17-10-4-5-10/h3,6,8,10,16H,1-2,4-5,7H2,(H,17,18). The summed E-state index contributed by atoms with van der Waals surface area (Å²) < 4.78 is 52.0. The van der Waals surface area contributed by atoms with Crippen molar-refractivity contribution in [3.05, 3.63) is 29.8 Å². The molecule has 1 aromatic rings. The molecule has 5 nitrogen and oxygen atoms in total. The van der Waals surface area contributed by atoms with Crippen molar-refractivity contribution in [2.75, 3.05) is 6.54 Å². The fourth-order valence-electron chi connectivity index (χ4n) is 1.75. The van der Waals surface area contributed by atoms with Crippen molar-refractivity contribution in [2.24, 2.45) is 0 Å². The van der Waals surface area contributed by atoms with Gasteiger partial charge in [0.1, 0.15) is 16.5 Å². The van der Waals surface area contributed by atoms with E-state index in [1.165, 1.54) is 0 Å². The van der Waals surface area contributed by atoms with Crippen LogP contribution in [0.15, 0.2) is 23.1 Å². The fraction of sp³-hybridized carbons (Fsp3) is 0.462. The minimum atomic E-state index is -4.04. The molecule has 0 saturated heterocycles. The predicted octanol–water partition coefficient (Wildman–Crippen LogP) is 1.30. The molecule has 0 spiro atoms. The van der Waals surface area contributed by atoms with Gasteiger partial charge in [0.25, 0.3) is 0 Å². The quantitative estimate of drug-likeness (QED) is 0.744. The summed E-state index contributed by atoms with van der Waals surface area (Å²) in [6.45, 7) is 0.0111. The maximum absolute atomic E-state index is 13.4. The van der Waals surface area contributed by atoms with Crippen LogP contribution in [0.1, 0.15) is 25.7 Å². The van der Waals surface area contributed by atoms with Gasteiger partial charge < -0.3 is 5.32 Å². The Hall–Kier alpha value is -1.54. The van der Waals surface area contributed by atoms with Crippen molar-refractivity contribution in [3.63, 3.8) is 0 Å². The van der Waals surface area contributed by atoms with E-state index in [0.29, 0.717) is 12.5 Å². The molecule has 1 aromatic carbocycles. The molecule has 0 unspecified atom stereocenters. The maximum atomic E-state index is 13.4.